The SMILES string of the molecule is Cn1cc(/C=C/C(=O)N2CCCC2c2ccc3c(c2)OCCO3)c(=O)n(C)c1=O. The van der Waals surface area contributed by atoms with Gasteiger partial charge in [-0.2, -0.15) is 0 Å². The third kappa shape index (κ3) is 3.57. The van der Waals surface area contributed by atoms with Crippen molar-refractivity contribution in [2.24, 2.45) is 14.1 Å². The summed E-state index contributed by atoms with van der Waals surface area (Å²) in [5, 5.41) is 0. The number of fused-ring (bicyclic) bond motifs is 1. The molecule has 0 aliphatic carbocycles. The molecule has 1 aromatic carbocycles. The lowest BCUT2D eigenvalue weighted by Gasteiger charge is -2.26. The van der Waals surface area contributed by atoms with Gasteiger partial charge in [-0.05, 0) is 36.6 Å². The fourth-order valence-electron chi connectivity index (χ4n) is 3.85. The van der Waals surface area contributed by atoms with Crippen molar-refractivity contribution in [3.63, 3.8) is 0 Å². The molecular formula is C21H23N3O5. The molecule has 1 unspecified atom stereocenters. The highest BCUT2D eigenvalue weighted by Crippen LogP contribution is 2.38. The summed E-state index contributed by atoms with van der Waals surface area (Å²) in [6.45, 7) is 1.70. The molecule has 0 N–H and O–H groups in total. The fraction of sp³-hybridized carbons (Fsp3) is 0.381. The number of benzene rings is 1. The molecule has 152 valence electrons. The summed E-state index contributed by atoms with van der Waals surface area (Å²) >= 11 is 0. The lowest BCUT2D eigenvalue weighted by atomic mass is 10.0. The van der Waals surface area contributed by atoms with Gasteiger partial charge in [0.1, 0.15) is 13.2 Å². The number of rotatable bonds is 3. The molecule has 29 heavy (non-hydrogen) atoms. The third-order valence-corrected chi connectivity index (χ3v) is 5.37. The fourth-order valence-corrected chi connectivity index (χ4v) is 3.85. The van der Waals surface area contributed by atoms with Gasteiger partial charge in [0.2, 0.25) is 5.91 Å². The summed E-state index contributed by atoms with van der Waals surface area (Å²) < 4.78 is 13.6. The molecule has 4 rings (SSSR count). The van der Waals surface area contributed by atoms with E-state index in [1.54, 1.807) is 11.9 Å². The first-order valence-corrected chi connectivity index (χ1v) is 9.60. The van der Waals surface area contributed by atoms with Gasteiger partial charge in [0.05, 0.1) is 11.6 Å². The number of likely N-dealkylation sites (tertiary alicyclic amines) is 1. The minimum absolute atomic E-state index is 0.0501. The molecule has 0 spiro atoms. The molecule has 8 nitrogen and oxygen atoms in total. The van der Waals surface area contributed by atoms with E-state index in [9.17, 15) is 14.4 Å². The number of ether oxygens (including phenoxy) is 2. The lowest BCUT2D eigenvalue weighted by molar-refractivity contribution is -0.126. The van der Waals surface area contributed by atoms with Crippen molar-refractivity contribution in [2.45, 2.75) is 18.9 Å². The summed E-state index contributed by atoms with van der Waals surface area (Å²) in [6.07, 6.45) is 6.08. The smallest absolute Gasteiger partial charge is 0.330 e. The normalized spacial score (nSPS) is 18.4. The Morgan fingerprint density at radius 1 is 1.14 bits per heavy atom. The highest BCUT2D eigenvalue weighted by atomic mass is 16.6. The molecule has 1 aromatic heterocycles. The van der Waals surface area contributed by atoms with E-state index in [2.05, 4.69) is 0 Å². The molecule has 1 fully saturated rings. The highest BCUT2D eigenvalue weighted by molar-refractivity contribution is 5.92. The van der Waals surface area contributed by atoms with E-state index in [0.717, 1.165) is 28.7 Å². The van der Waals surface area contributed by atoms with E-state index in [4.69, 9.17) is 9.47 Å². The molecule has 0 saturated carbocycles. The Morgan fingerprint density at radius 2 is 1.90 bits per heavy atom. The summed E-state index contributed by atoms with van der Waals surface area (Å²) in [6, 6.07) is 5.74. The van der Waals surface area contributed by atoms with E-state index < -0.39 is 11.2 Å². The van der Waals surface area contributed by atoms with Gasteiger partial charge in [-0.1, -0.05) is 6.07 Å². The molecular weight excluding hydrogens is 374 g/mol. The maximum atomic E-state index is 12.8. The number of carbonyl (C=O) groups excluding carboxylic acids is 1. The number of hydrogen-bond donors (Lipinski definition) is 0. The van der Waals surface area contributed by atoms with Crippen LogP contribution in [0.3, 0.4) is 0 Å². The topological polar surface area (TPSA) is 82.8 Å². The summed E-state index contributed by atoms with van der Waals surface area (Å²) in [4.78, 5) is 38.7. The molecule has 1 saturated heterocycles. The Bertz CT molecular complexity index is 1100. The minimum Gasteiger partial charge on any atom is -0.486 e. The van der Waals surface area contributed by atoms with Crippen molar-refractivity contribution in [1.29, 1.82) is 0 Å². The third-order valence-electron chi connectivity index (χ3n) is 5.37. The van der Waals surface area contributed by atoms with Crippen LogP contribution < -0.4 is 20.7 Å². The van der Waals surface area contributed by atoms with E-state index in [-0.39, 0.29) is 17.5 Å². The monoisotopic (exact) mass is 397 g/mol. The molecule has 3 heterocycles. The molecule has 1 atom stereocenters. The van der Waals surface area contributed by atoms with Gasteiger partial charge in [0.15, 0.2) is 11.5 Å². The first-order chi connectivity index (χ1) is 14.0. The predicted molar refractivity (Wildman–Crippen MR) is 107 cm³/mol. The second-order valence-electron chi connectivity index (χ2n) is 7.27. The van der Waals surface area contributed by atoms with Gasteiger partial charge in [-0.25, -0.2) is 4.79 Å². The Labute approximate surface area is 167 Å². The predicted octanol–water partition coefficient (Wildman–Crippen LogP) is 1.23. The molecule has 8 heteroatoms. The van der Waals surface area contributed by atoms with E-state index >= 15 is 0 Å². The lowest BCUT2D eigenvalue weighted by Crippen LogP contribution is -2.37. The Morgan fingerprint density at radius 3 is 2.69 bits per heavy atom. The summed E-state index contributed by atoms with van der Waals surface area (Å²) in [5.41, 5.74) is 0.461. The number of aromatic nitrogens is 2. The first kappa shape index (κ1) is 19.0. The number of hydrogen-bond acceptors (Lipinski definition) is 5. The van der Waals surface area contributed by atoms with E-state index in [0.29, 0.717) is 25.5 Å². The zero-order valence-corrected chi connectivity index (χ0v) is 16.5. The van der Waals surface area contributed by atoms with Crippen LogP contribution in [-0.4, -0.2) is 39.7 Å². The maximum Gasteiger partial charge on any atom is 0.330 e. The molecule has 2 aliphatic rings. The van der Waals surface area contributed by atoms with E-state index in [1.165, 1.54) is 30.0 Å². The number of amides is 1. The molecule has 0 bridgehead atoms. The van der Waals surface area contributed by atoms with Gasteiger partial charge in [0.25, 0.3) is 5.56 Å². The van der Waals surface area contributed by atoms with Crippen molar-refractivity contribution in [3.8, 4) is 11.5 Å². The van der Waals surface area contributed by atoms with Crippen molar-refractivity contribution < 1.29 is 14.3 Å². The van der Waals surface area contributed by atoms with Crippen LogP contribution in [0.15, 0.2) is 40.1 Å². The van der Waals surface area contributed by atoms with Gasteiger partial charge in [-0.15, -0.1) is 0 Å². The molecule has 1 amide bonds. The zero-order chi connectivity index (χ0) is 20.5. The highest BCUT2D eigenvalue weighted by Gasteiger charge is 2.29. The zero-order valence-electron chi connectivity index (χ0n) is 16.5. The van der Waals surface area contributed by atoms with Crippen LogP contribution in [0.25, 0.3) is 6.08 Å². The van der Waals surface area contributed by atoms with Crippen LogP contribution in [0.2, 0.25) is 0 Å². The first-order valence-electron chi connectivity index (χ1n) is 9.60. The van der Waals surface area contributed by atoms with Crippen LogP contribution in [0.5, 0.6) is 11.5 Å². The van der Waals surface area contributed by atoms with Crippen molar-refractivity contribution in [1.82, 2.24) is 14.0 Å². The van der Waals surface area contributed by atoms with Crippen LogP contribution >= 0.6 is 0 Å². The largest absolute Gasteiger partial charge is 0.486 e. The Hall–Kier alpha value is -3.29. The standard InChI is InChI=1S/C21H23N3O5/c1-22-13-15(20(26)23(2)21(22)27)6-8-19(25)24-9-3-4-16(24)14-5-7-17-18(12-14)29-11-10-28-17/h5-8,12-13,16H,3-4,9-11H2,1-2H3/b8-6+. The Kier molecular flexibility index (Phi) is 5.00. The summed E-state index contributed by atoms with van der Waals surface area (Å²) in [7, 11) is 2.99. The number of aryl methyl sites for hydroxylation is 1. The number of carbonyl (C=O) groups is 1. The second kappa shape index (κ2) is 7.62. The van der Waals surface area contributed by atoms with E-state index in [1.807, 2.05) is 18.2 Å². The second-order valence-corrected chi connectivity index (χ2v) is 7.27. The average Bonchev–Trinajstić information content (AvgIpc) is 3.23. The average molecular weight is 397 g/mol. The number of nitrogens with zero attached hydrogens (tertiary/aromatic N) is 3. The quantitative estimate of drug-likeness (QED) is 0.728. The van der Waals surface area contributed by atoms with Gasteiger partial charge < -0.3 is 18.9 Å². The van der Waals surface area contributed by atoms with Crippen molar-refractivity contribution in [2.75, 3.05) is 19.8 Å². The molecule has 2 aliphatic heterocycles. The maximum absolute atomic E-state index is 12.8. The van der Waals surface area contributed by atoms with Crippen molar-refractivity contribution in [3.05, 3.63) is 62.4 Å². The summed E-state index contributed by atoms with van der Waals surface area (Å²) in [5.74, 6) is 1.26. The van der Waals surface area contributed by atoms with Crippen LogP contribution in [0.4, 0.5) is 0 Å². The molecule has 0 radical (unpaired) electrons. The van der Waals surface area contributed by atoms with Gasteiger partial charge in [0, 0.05) is 32.9 Å². The Balaban J connectivity index is 1.57. The van der Waals surface area contributed by atoms with Gasteiger partial charge in [-0.3, -0.25) is 14.2 Å². The van der Waals surface area contributed by atoms with Crippen molar-refractivity contribution >= 4 is 12.0 Å². The van der Waals surface area contributed by atoms with Crippen LogP contribution in [0, 0.1) is 0 Å². The molecule has 2 aromatic rings. The van der Waals surface area contributed by atoms with Crippen LogP contribution in [-0.2, 0) is 18.9 Å². The minimum atomic E-state index is -0.429. The van der Waals surface area contributed by atoms with Crippen LogP contribution in [0.1, 0.15) is 30.0 Å². The van der Waals surface area contributed by atoms with Gasteiger partial charge >= 0.3 is 5.69 Å².